The molecule has 675 valence electrons. The van der Waals surface area contributed by atoms with E-state index in [2.05, 4.69) is 289 Å². The predicted molar refractivity (Wildman–Crippen MR) is 546 cm³/mol. The normalized spacial score (nSPS) is 11.5. The summed E-state index contributed by atoms with van der Waals surface area (Å²) in [6.45, 7) is 53.2. The second-order valence-electron chi connectivity index (χ2n) is 34.6. The summed E-state index contributed by atoms with van der Waals surface area (Å²) in [6, 6.07) is 56.6. The number of halogens is 2. The van der Waals surface area contributed by atoms with Gasteiger partial charge in [0.15, 0.2) is 42.8 Å². The molecule has 15 nitrogen and oxygen atoms in total. The SMILES string of the molecule is C.C#CC.C#Cc1cc(CO[Si](CCCc2ccc(C)cc2)(C(C)C)C(C)C)cc(OC)c1OC(C)=O.COc1cc(C(=O)NC(C)(C)O[Si](c2ccc(C)cc2)(C(C)C)C(C)C)cc(I)c1O.COc1cc(C(=O)NCCO[Si](c2ccc(C)cc2)(C(C)C)C(C)C)cc(I)c1O.COc1ccc([Si](CCCc2ccc(C)cc2)(C(C)C)C(C)C)cc1.[B]. The minimum absolute atomic E-state index is 0. The number of amides is 2. The van der Waals surface area contributed by atoms with Crippen LogP contribution >= 0.6 is 45.2 Å². The number of esters is 1. The maximum atomic E-state index is 13.1. The number of phenols is 2. The molecule has 0 spiro atoms. The molecule has 0 aromatic heterocycles. The summed E-state index contributed by atoms with van der Waals surface area (Å²) < 4.78 is 47.9. The average molecular weight is 1990 g/mol. The van der Waals surface area contributed by atoms with E-state index in [1.807, 2.05) is 71.2 Å². The van der Waals surface area contributed by atoms with Gasteiger partial charge in [-0.15, -0.1) is 18.8 Å². The first-order chi connectivity index (χ1) is 57.4. The zero-order valence-electron chi connectivity index (χ0n) is 78.9. The molecule has 0 fully saturated rings. The molecule has 8 aromatic carbocycles. The number of phenolic OH excluding ortho intramolecular Hbond substituents is 2. The van der Waals surface area contributed by atoms with E-state index in [0.29, 0.717) is 82.6 Å². The molecular formula is C102H146BI2N2O13Si4. The Balaban J connectivity index is 0.000000553. The second kappa shape index (κ2) is 53.2. The predicted octanol–water partition coefficient (Wildman–Crippen LogP) is 24.0. The van der Waals surface area contributed by atoms with Crippen LogP contribution in [0.25, 0.3) is 0 Å². The Kier molecular flexibility index (Phi) is 48.3. The van der Waals surface area contributed by atoms with Gasteiger partial charge in [0.2, 0.25) is 16.6 Å². The quantitative estimate of drug-likeness (QED) is 0.00553. The van der Waals surface area contributed by atoms with Gasteiger partial charge in [0, 0.05) is 33.0 Å². The highest BCUT2D eigenvalue weighted by molar-refractivity contribution is 14.1. The van der Waals surface area contributed by atoms with Gasteiger partial charge in [0.05, 0.1) is 62.4 Å². The van der Waals surface area contributed by atoms with E-state index in [0.717, 1.165) is 41.3 Å². The number of carbonyl (C=O) groups is 3. The van der Waals surface area contributed by atoms with Gasteiger partial charge in [0.25, 0.3) is 11.8 Å². The van der Waals surface area contributed by atoms with E-state index in [1.165, 1.54) is 83.8 Å². The maximum absolute atomic E-state index is 13.1. The van der Waals surface area contributed by atoms with Crippen LogP contribution in [0, 0.1) is 59.5 Å². The highest BCUT2D eigenvalue weighted by atomic mass is 127. The third-order valence-electron chi connectivity index (χ3n) is 23.2. The fourth-order valence-corrected chi connectivity index (χ4v) is 37.5. The van der Waals surface area contributed by atoms with Crippen molar-refractivity contribution in [3.05, 3.63) is 221 Å². The summed E-state index contributed by atoms with van der Waals surface area (Å²) in [4.78, 5) is 37.2. The smallest absolute Gasteiger partial charge is 0.308 e. The van der Waals surface area contributed by atoms with Crippen LogP contribution in [0.1, 0.15) is 224 Å². The fraction of sp³-hybridized carbons (Fsp3) is 0.461. The molecule has 0 saturated heterocycles. The Morgan fingerprint density at radius 3 is 1.24 bits per heavy atom. The fourth-order valence-electron chi connectivity index (χ4n) is 16.7. The Labute approximate surface area is 780 Å². The topological polar surface area (TPSA) is 190 Å². The van der Waals surface area contributed by atoms with Gasteiger partial charge in [-0.25, -0.2) is 0 Å². The van der Waals surface area contributed by atoms with Gasteiger partial charge in [-0.1, -0.05) is 273 Å². The van der Waals surface area contributed by atoms with Crippen LogP contribution < -0.4 is 49.9 Å². The van der Waals surface area contributed by atoms with Crippen molar-refractivity contribution in [2.75, 3.05) is 41.6 Å². The summed E-state index contributed by atoms with van der Waals surface area (Å²) >= 11 is 3.97. The van der Waals surface area contributed by atoms with Gasteiger partial charge in [-0.05, 0) is 239 Å². The summed E-state index contributed by atoms with van der Waals surface area (Å²) in [5.74, 6) is 6.24. The van der Waals surface area contributed by atoms with E-state index < -0.39 is 44.7 Å². The zero-order chi connectivity index (χ0) is 91.8. The van der Waals surface area contributed by atoms with Gasteiger partial charge in [-0.3, -0.25) is 14.4 Å². The minimum atomic E-state index is -2.47. The molecule has 0 saturated carbocycles. The molecule has 0 aliphatic heterocycles. The van der Waals surface area contributed by atoms with E-state index in [-0.39, 0.29) is 56.4 Å². The van der Waals surface area contributed by atoms with Crippen molar-refractivity contribution >= 4 is 120 Å². The molecule has 8 rings (SSSR count). The van der Waals surface area contributed by atoms with E-state index in [1.54, 1.807) is 50.6 Å². The molecule has 22 heteroatoms. The molecule has 0 atom stereocenters. The lowest BCUT2D eigenvalue weighted by atomic mass is 10.1. The number of hydrogen-bond donors (Lipinski definition) is 4. The van der Waals surface area contributed by atoms with Crippen molar-refractivity contribution < 1.29 is 61.6 Å². The minimum Gasteiger partial charge on any atom is -0.504 e. The number of carbonyl (C=O) groups excluding carboxylic acids is 3. The summed E-state index contributed by atoms with van der Waals surface area (Å²) in [5.41, 5.74) is 13.1. The molecular weight excluding hydrogens is 1840 g/mol. The third-order valence-corrected chi connectivity index (χ3v) is 48.2. The van der Waals surface area contributed by atoms with Crippen LogP contribution in [-0.4, -0.2) is 117 Å². The Morgan fingerprint density at radius 1 is 0.484 bits per heavy atom. The number of terminal acetylenes is 2. The van der Waals surface area contributed by atoms with Crippen molar-refractivity contribution in [1.82, 2.24) is 10.6 Å². The number of aryl methyl sites for hydroxylation is 6. The van der Waals surface area contributed by atoms with Crippen LogP contribution in [0.3, 0.4) is 0 Å². The summed E-state index contributed by atoms with van der Waals surface area (Å²) in [5, 5.41) is 30.1. The molecule has 8 aromatic rings. The first-order valence-electron chi connectivity index (χ1n) is 42.8. The van der Waals surface area contributed by atoms with Crippen LogP contribution in [0.2, 0.25) is 56.4 Å². The van der Waals surface area contributed by atoms with Crippen LogP contribution in [0.5, 0.6) is 40.2 Å². The lowest BCUT2D eigenvalue weighted by Crippen LogP contribution is -2.63. The second-order valence-corrected chi connectivity index (χ2v) is 56.9. The number of hydrogen-bond acceptors (Lipinski definition) is 13. The van der Waals surface area contributed by atoms with E-state index in [4.69, 9.17) is 43.4 Å². The lowest BCUT2D eigenvalue weighted by Gasteiger charge is -2.45. The highest BCUT2D eigenvalue weighted by Gasteiger charge is 2.49. The first-order valence-corrected chi connectivity index (χ1v) is 53.7. The van der Waals surface area contributed by atoms with Crippen molar-refractivity contribution in [2.45, 2.75) is 268 Å². The number of methoxy groups -OCH3 is 4. The van der Waals surface area contributed by atoms with Crippen molar-refractivity contribution in [3.8, 4) is 64.9 Å². The highest BCUT2D eigenvalue weighted by Crippen LogP contribution is 2.43. The number of benzene rings is 8. The van der Waals surface area contributed by atoms with Crippen LogP contribution in [-0.2, 0) is 37.5 Å². The van der Waals surface area contributed by atoms with Crippen LogP contribution in [0.4, 0.5) is 0 Å². The molecule has 0 aliphatic rings. The Hall–Kier alpha value is -7.64. The number of nitrogens with one attached hydrogen (secondary N) is 2. The lowest BCUT2D eigenvalue weighted by molar-refractivity contribution is -0.132. The molecule has 0 heterocycles. The largest absolute Gasteiger partial charge is 0.504 e. The molecule has 124 heavy (non-hydrogen) atoms. The number of aromatic hydroxyl groups is 2. The molecule has 0 bridgehead atoms. The summed E-state index contributed by atoms with van der Waals surface area (Å²) in [7, 11) is -2.15. The third kappa shape index (κ3) is 31.1. The number of ether oxygens (including phenoxy) is 5. The molecule has 3 radical (unpaired) electrons. The van der Waals surface area contributed by atoms with Crippen molar-refractivity contribution in [1.29, 1.82) is 0 Å². The van der Waals surface area contributed by atoms with Gasteiger partial charge in [0.1, 0.15) is 11.5 Å². The Bertz CT molecular complexity index is 4650. The van der Waals surface area contributed by atoms with Crippen molar-refractivity contribution in [3.63, 3.8) is 0 Å². The summed E-state index contributed by atoms with van der Waals surface area (Å²) in [6.07, 6.45) is 14.9. The standard InChI is InChI=1S/C28H38O4Si.C24H34INO4Si.C23H32INO4Si.C23H34OSi.C3H4.CH4.B/c1-9-26-17-25(18-27(30-8)28(26)32-23(7)29)19-31-33(20(2)3,21(4)5)16-10-11-24-14-12-22(6)13-15-24;1-15(2)31(16(3)4,19-11-9-17(5)10-12-19)30-24(6,7)26-23(28)18-13-20(25)22(27)21(14-18)29-8;1-15(2)30(16(3)4,19-9-7-17(5)8-10-19)29-12-11-25-23(27)18-13-20(24)22(26)21(14-18)28-6;1-18(2)25(19(3)4,23-15-13-22(24-6)14-16-23)17-7-8-21-11-9-20(5)10-12-21;1-3-2;;/h1,12-15,17-18,20-21H,10-11,16,19H2,2-8H3;9-16,27H,1-8H3,(H,26,28);7-10,13-16,26H,11-12H2,1-6H3,(H,25,27);9-16,18-19H,7-8,17H2,1-6H3;1H,2H3;1H4;. The van der Waals surface area contributed by atoms with Gasteiger partial charge >= 0.3 is 5.97 Å². The van der Waals surface area contributed by atoms with E-state index >= 15 is 0 Å². The molecule has 0 unspecified atom stereocenters. The first kappa shape index (κ1) is 112. The maximum Gasteiger partial charge on any atom is 0.308 e. The van der Waals surface area contributed by atoms with Crippen LogP contribution in [0.15, 0.2) is 158 Å². The molecule has 4 N–H and O–H groups in total. The molecule has 0 aliphatic carbocycles. The van der Waals surface area contributed by atoms with Crippen molar-refractivity contribution in [2.24, 2.45) is 0 Å². The van der Waals surface area contributed by atoms with E-state index in [9.17, 15) is 24.6 Å². The van der Waals surface area contributed by atoms with Gasteiger partial charge in [-0.2, -0.15) is 0 Å². The van der Waals surface area contributed by atoms with Gasteiger partial charge < -0.3 is 57.8 Å². The Morgan fingerprint density at radius 2 is 0.871 bits per heavy atom. The average Bonchev–Trinajstić information content (AvgIpc) is 0.765. The number of rotatable bonds is 36. The monoisotopic (exact) mass is 1980 g/mol. The zero-order valence-corrected chi connectivity index (χ0v) is 87.2. The molecule has 2 amide bonds.